The Balaban J connectivity index is 2.22. The summed E-state index contributed by atoms with van der Waals surface area (Å²) in [6, 6.07) is 8.73. The first-order chi connectivity index (χ1) is 9.47. The molecule has 104 valence electrons. The molecule has 0 aliphatic rings. The Labute approximate surface area is 120 Å². The zero-order valence-corrected chi connectivity index (χ0v) is 11.4. The van der Waals surface area contributed by atoms with Crippen LogP contribution in [-0.4, -0.2) is 4.92 Å². The minimum absolute atomic E-state index is 0.00154. The molecular weight excluding hydrogens is 283 g/mol. The highest BCUT2D eigenvalue weighted by Crippen LogP contribution is 2.24. The third-order valence-electron chi connectivity index (χ3n) is 2.90. The lowest BCUT2D eigenvalue weighted by Gasteiger charge is -2.10. The van der Waals surface area contributed by atoms with E-state index in [0.717, 1.165) is 11.3 Å². The fourth-order valence-corrected chi connectivity index (χ4v) is 2.08. The molecule has 0 fully saturated rings. The molecule has 0 atom stereocenters. The molecule has 0 bridgehead atoms. The number of anilines is 1. The van der Waals surface area contributed by atoms with Gasteiger partial charge in [0.25, 0.3) is 5.69 Å². The first-order valence-electron chi connectivity index (χ1n) is 5.90. The molecule has 2 aromatic rings. The highest BCUT2D eigenvalue weighted by molar-refractivity contribution is 6.30. The van der Waals surface area contributed by atoms with Gasteiger partial charge < -0.3 is 5.32 Å². The largest absolute Gasteiger partial charge is 0.380 e. The Bertz CT molecular complexity index is 662. The van der Waals surface area contributed by atoms with Crippen LogP contribution in [0.3, 0.4) is 0 Å². The van der Waals surface area contributed by atoms with Crippen molar-refractivity contribution in [1.82, 2.24) is 0 Å². The summed E-state index contributed by atoms with van der Waals surface area (Å²) in [5.41, 5.74) is 1.93. The van der Waals surface area contributed by atoms with Crippen LogP contribution >= 0.6 is 11.6 Å². The summed E-state index contributed by atoms with van der Waals surface area (Å²) in [7, 11) is 0. The molecule has 0 radical (unpaired) electrons. The van der Waals surface area contributed by atoms with E-state index in [1.165, 1.54) is 24.3 Å². The van der Waals surface area contributed by atoms with Gasteiger partial charge in [0.15, 0.2) is 0 Å². The van der Waals surface area contributed by atoms with Gasteiger partial charge in [-0.2, -0.15) is 0 Å². The van der Waals surface area contributed by atoms with E-state index in [1.807, 2.05) is 0 Å². The maximum Gasteiger partial charge on any atom is 0.274 e. The fourth-order valence-electron chi connectivity index (χ4n) is 1.89. The number of hydrogen-bond donors (Lipinski definition) is 1. The highest BCUT2D eigenvalue weighted by atomic mass is 35.5. The zero-order chi connectivity index (χ0) is 14.7. The van der Waals surface area contributed by atoms with Crippen LogP contribution in [0.5, 0.6) is 0 Å². The van der Waals surface area contributed by atoms with E-state index in [0.29, 0.717) is 10.6 Å². The van der Waals surface area contributed by atoms with Gasteiger partial charge in [0.2, 0.25) is 0 Å². The molecular formula is C14H12ClFN2O2. The van der Waals surface area contributed by atoms with Crippen LogP contribution in [0.15, 0.2) is 36.4 Å². The Morgan fingerprint density at radius 3 is 2.70 bits per heavy atom. The summed E-state index contributed by atoms with van der Waals surface area (Å²) in [6.45, 7) is 2.00. The molecule has 0 aliphatic carbocycles. The van der Waals surface area contributed by atoms with Crippen molar-refractivity contribution in [3.63, 3.8) is 0 Å². The minimum Gasteiger partial charge on any atom is -0.380 e. The Hall–Kier alpha value is -2.14. The van der Waals surface area contributed by atoms with Crippen molar-refractivity contribution in [1.29, 1.82) is 0 Å². The molecule has 0 aromatic heterocycles. The van der Waals surface area contributed by atoms with E-state index in [4.69, 9.17) is 11.6 Å². The van der Waals surface area contributed by atoms with Gasteiger partial charge in [-0.3, -0.25) is 10.1 Å². The average Bonchev–Trinajstić information content (AvgIpc) is 2.37. The molecule has 0 aliphatic heterocycles. The van der Waals surface area contributed by atoms with Crippen LogP contribution in [0.4, 0.5) is 15.8 Å². The molecule has 6 heteroatoms. The second kappa shape index (κ2) is 5.88. The van der Waals surface area contributed by atoms with Crippen molar-refractivity contribution >= 4 is 23.0 Å². The van der Waals surface area contributed by atoms with Gasteiger partial charge in [-0.05, 0) is 42.8 Å². The van der Waals surface area contributed by atoms with Crippen molar-refractivity contribution in [3.05, 3.63) is 68.5 Å². The van der Waals surface area contributed by atoms with Gasteiger partial charge in [0, 0.05) is 23.3 Å². The second-order valence-electron chi connectivity index (χ2n) is 4.34. The van der Waals surface area contributed by atoms with Crippen molar-refractivity contribution in [3.8, 4) is 0 Å². The normalized spacial score (nSPS) is 10.3. The lowest BCUT2D eigenvalue weighted by Crippen LogP contribution is -2.04. The number of hydrogen-bond acceptors (Lipinski definition) is 3. The maximum absolute atomic E-state index is 13.0. The quantitative estimate of drug-likeness (QED) is 0.675. The van der Waals surface area contributed by atoms with Crippen LogP contribution in [-0.2, 0) is 6.54 Å². The lowest BCUT2D eigenvalue weighted by atomic mass is 10.1. The Kier molecular flexibility index (Phi) is 4.20. The number of nitro benzene ring substituents is 1. The standard InChI is InChI=1S/C14H12ClFN2O2/c1-9-6-12(16)3-4-13(9)17-8-10-7-11(15)2-5-14(10)18(19)20/h2-7,17H,8H2,1H3. The molecule has 0 saturated heterocycles. The van der Waals surface area contributed by atoms with Gasteiger partial charge in [-0.15, -0.1) is 0 Å². The van der Waals surface area contributed by atoms with Gasteiger partial charge in [-0.1, -0.05) is 11.6 Å². The number of aryl methyl sites for hydroxylation is 1. The number of nitro groups is 1. The fraction of sp³-hybridized carbons (Fsp3) is 0.143. The number of nitrogens with zero attached hydrogens (tertiary/aromatic N) is 1. The summed E-state index contributed by atoms with van der Waals surface area (Å²) >= 11 is 5.86. The predicted molar refractivity (Wildman–Crippen MR) is 76.6 cm³/mol. The van der Waals surface area contributed by atoms with Gasteiger partial charge in [0.05, 0.1) is 10.5 Å². The highest BCUT2D eigenvalue weighted by Gasteiger charge is 2.13. The van der Waals surface area contributed by atoms with Crippen LogP contribution in [0.2, 0.25) is 5.02 Å². The monoisotopic (exact) mass is 294 g/mol. The van der Waals surface area contributed by atoms with Crippen LogP contribution < -0.4 is 5.32 Å². The summed E-state index contributed by atoms with van der Waals surface area (Å²) in [6.07, 6.45) is 0. The first-order valence-corrected chi connectivity index (χ1v) is 6.28. The van der Waals surface area contributed by atoms with Gasteiger partial charge in [-0.25, -0.2) is 4.39 Å². The first kappa shape index (κ1) is 14.3. The van der Waals surface area contributed by atoms with E-state index < -0.39 is 4.92 Å². The Morgan fingerprint density at radius 2 is 2.05 bits per heavy atom. The molecule has 0 spiro atoms. The third kappa shape index (κ3) is 3.24. The maximum atomic E-state index is 13.0. The molecule has 20 heavy (non-hydrogen) atoms. The summed E-state index contributed by atoms with van der Waals surface area (Å²) < 4.78 is 13.0. The van der Waals surface area contributed by atoms with Crippen molar-refractivity contribution in [2.75, 3.05) is 5.32 Å². The van der Waals surface area contributed by atoms with Crippen molar-refractivity contribution < 1.29 is 9.31 Å². The van der Waals surface area contributed by atoms with E-state index in [2.05, 4.69) is 5.32 Å². The summed E-state index contributed by atoms with van der Waals surface area (Å²) in [4.78, 5) is 10.5. The van der Waals surface area contributed by atoms with Crippen molar-refractivity contribution in [2.45, 2.75) is 13.5 Å². The van der Waals surface area contributed by atoms with E-state index in [1.54, 1.807) is 19.1 Å². The Morgan fingerprint density at radius 1 is 1.30 bits per heavy atom. The predicted octanol–water partition coefficient (Wildman–Crippen LogP) is 4.31. The van der Waals surface area contributed by atoms with Crippen molar-refractivity contribution in [2.24, 2.45) is 0 Å². The zero-order valence-electron chi connectivity index (χ0n) is 10.7. The number of rotatable bonds is 4. The van der Waals surface area contributed by atoms with E-state index in [9.17, 15) is 14.5 Å². The third-order valence-corrected chi connectivity index (χ3v) is 3.13. The summed E-state index contributed by atoms with van der Waals surface area (Å²) in [5, 5.41) is 14.4. The number of benzene rings is 2. The van der Waals surface area contributed by atoms with E-state index >= 15 is 0 Å². The second-order valence-corrected chi connectivity index (χ2v) is 4.78. The molecule has 4 nitrogen and oxygen atoms in total. The SMILES string of the molecule is Cc1cc(F)ccc1NCc1cc(Cl)ccc1[N+](=O)[O-]. The molecule has 2 aromatic carbocycles. The molecule has 0 amide bonds. The number of nitrogens with one attached hydrogen (secondary N) is 1. The average molecular weight is 295 g/mol. The molecule has 1 N–H and O–H groups in total. The molecule has 0 unspecified atom stereocenters. The molecule has 2 rings (SSSR count). The molecule has 0 heterocycles. The molecule has 0 saturated carbocycles. The van der Waals surface area contributed by atoms with Gasteiger partial charge in [0.1, 0.15) is 5.82 Å². The lowest BCUT2D eigenvalue weighted by molar-refractivity contribution is -0.385. The van der Waals surface area contributed by atoms with Gasteiger partial charge >= 0.3 is 0 Å². The smallest absolute Gasteiger partial charge is 0.274 e. The number of halogens is 2. The van der Waals surface area contributed by atoms with Crippen LogP contribution in [0.25, 0.3) is 0 Å². The minimum atomic E-state index is -0.454. The summed E-state index contributed by atoms with van der Waals surface area (Å²) in [5.74, 6) is -0.318. The van der Waals surface area contributed by atoms with Crippen LogP contribution in [0, 0.1) is 22.9 Å². The van der Waals surface area contributed by atoms with E-state index in [-0.39, 0.29) is 18.0 Å². The topological polar surface area (TPSA) is 55.2 Å². The van der Waals surface area contributed by atoms with Crippen LogP contribution in [0.1, 0.15) is 11.1 Å².